The molecule has 2 aromatic rings. The van der Waals surface area contributed by atoms with E-state index in [2.05, 4.69) is 12.0 Å². The molecule has 0 radical (unpaired) electrons. The first-order valence-electron chi connectivity index (χ1n) is 10.4. The van der Waals surface area contributed by atoms with Crippen molar-refractivity contribution in [1.29, 1.82) is 0 Å². The number of amides is 2. The number of hydrogen-bond acceptors (Lipinski definition) is 4. The molecule has 7 nitrogen and oxygen atoms in total. The third-order valence-corrected chi connectivity index (χ3v) is 6.79. The normalized spacial score (nSPS) is 29.0. The van der Waals surface area contributed by atoms with Gasteiger partial charge in [-0.25, -0.2) is 0 Å². The summed E-state index contributed by atoms with van der Waals surface area (Å²) in [5, 5.41) is 4.19. The van der Waals surface area contributed by atoms with Gasteiger partial charge >= 0.3 is 0 Å². The van der Waals surface area contributed by atoms with Gasteiger partial charge in [0, 0.05) is 31.7 Å². The molecule has 3 aliphatic rings. The molecule has 0 saturated carbocycles. The summed E-state index contributed by atoms with van der Waals surface area (Å²) in [6, 6.07) is 7.90. The van der Waals surface area contributed by atoms with Crippen molar-refractivity contribution in [2.45, 2.75) is 32.1 Å². The van der Waals surface area contributed by atoms with Crippen molar-refractivity contribution in [3.8, 4) is 0 Å². The fraction of sp³-hybridized carbons (Fsp3) is 0.435. The standard InChI is InChI=1S/C23H26N4O3/c1-15-5-6-17(13-16(15)2)27-14-23-8-7-18(30-23)19(20(23)22(27)29)21(28)25(3)11-12-26-10-4-9-24-26/h4-10,13,18-20H,11-12,14H2,1-3H3/t18-,19+,20+,23-/m0/s1. The van der Waals surface area contributed by atoms with Gasteiger partial charge in [0.15, 0.2) is 0 Å². The van der Waals surface area contributed by atoms with E-state index in [9.17, 15) is 9.59 Å². The number of aryl methyl sites for hydroxylation is 2. The van der Waals surface area contributed by atoms with Crippen molar-refractivity contribution in [3.05, 3.63) is 59.9 Å². The van der Waals surface area contributed by atoms with Crippen LogP contribution in [0, 0.1) is 25.7 Å². The second-order valence-corrected chi connectivity index (χ2v) is 8.62. The lowest BCUT2D eigenvalue weighted by atomic mass is 9.76. The van der Waals surface area contributed by atoms with Gasteiger partial charge in [-0.05, 0) is 43.2 Å². The minimum absolute atomic E-state index is 0.0241. The highest BCUT2D eigenvalue weighted by atomic mass is 16.5. The van der Waals surface area contributed by atoms with Gasteiger partial charge in [0.05, 0.1) is 31.0 Å². The van der Waals surface area contributed by atoms with Crippen molar-refractivity contribution in [1.82, 2.24) is 14.7 Å². The highest BCUT2D eigenvalue weighted by molar-refractivity contribution is 6.03. The molecule has 2 amide bonds. The van der Waals surface area contributed by atoms with E-state index in [4.69, 9.17) is 4.74 Å². The van der Waals surface area contributed by atoms with Crippen LogP contribution in [0.3, 0.4) is 0 Å². The summed E-state index contributed by atoms with van der Waals surface area (Å²) in [6.07, 6.45) is 7.21. The van der Waals surface area contributed by atoms with Crippen LogP contribution in [0.15, 0.2) is 48.8 Å². The van der Waals surface area contributed by atoms with E-state index in [0.29, 0.717) is 19.6 Å². The van der Waals surface area contributed by atoms with Crippen LogP contribution in [-0.4, -0.2) is 58.3 Å². The number of aromatic nitrogens is 2. The Morgan fingerprint density at radius 2 is 2.17 bits per heavy atom. The number of nitrogens with zero attached hydrogens (tertiary/aromatic N) is 4. The van der Waals surface area contributed by atoms with E-state index < -0.39 is 17.4 Å². The van der Waals surface area contributed by atoms with Crippen molar-refractivity contribution in [2.75, 3.05) is 25.0 Å². The molecule has 3 aliphatic heterocycles. The van der Waals surface area contributed by atoms with Crippen LogP contribution in [0.2, 0.25) is 0 Å². The highest BCUT2D eigenvalue weighted by Crippen LogP contribution is 2.53. The zero-order valence-corrected chi connectivity index (χ0v) is 17.5. The second kappa shape index (κ2) is 6.80. The SMILES string of the molecule is Cc1ccc(N2C[C@]34C=C[C@H](O3)[C@@H](C(=O)N(C)CCn3cccn3)[C@@H]4C2=O)cc1C. The maximum absolute atomic E-state index is 13.5. The highest BCUT2D eigenvalue weighted by Gasteiger charge is 2.67. The lowest BCUT2D eigenvalue weighted by Gasteiger charge is -2.27. The number of rotatable bonds is 5. The molecule has 2 fully saturated rings. The Bertz CT molecular complexity index is 1030. The maximum atomic E-state index is 13.5. The molecule has 4 heterocycles. The number of carbonyl (C=O) groups is 2. The average Bonchev–Trinajstić information content (AvgIpc) is 3.50. The summed E-state index contributed by atoms with van der Waals surface area (Å²) in [7, 11) is 1.79. The molecule has 2 bridgehead atoms. The molecule has 1 spiro atoms. The smallest absolute Gasteiger partial charge is 0.234 e. The third-order valence-electron chi connectivity index (χ3n) is 6.79. The topological polar surface area (TPSA) is 67.7 Å². The van der Waals surface area contributed by atoms with Gasteiger partial charge in [0.2, 0.25) is 11.8 Å². The molecule has 156 valence electrons. The molecule has 0 aliphatic carbocycles. The number of benzene rings is 1. The van der Waals surface area contributed by atoms with E-state index in [1.807, 2.05) is 49.5 Å². The fourth-order valence-corrected chi connectivity index (χ4v) is 4.94. The largest absolute Gasteiger partial charge is 0.360 e. The van der Waals surface area contributed by atoms with Crippen LogP contribution in [-0.2, 0) is 20.9 Å². The van der Waals surface area contributed by atoms with Gasteiger partial charge in [0.25, 0.3) is 0 Å². The van der Waals surface area contributed by atoms with Crippen LogP contribution in [0.4, 0.5) is 5.69 Å². The predicted molar refractivity (Wildman–Crippen MR) is 112 cm³/mol. The fourth-order valence-electron chi connectivity index (χ4n) is 4.94. The number of fused-ring (bicyclic) bond motifs is 1. The Kier molecular flexibility index (Phi) is 4.32. The molecule has 30 heavy (non-hydrogen) atoms. The lowest BCUT2D eigenvalue weighted by molar-refractivity contribution is -0.139. The predicted octanol–water partition coefficient (Wildman–Crippen LogP) is 1.94. The summed E-state index contributed by atoms with van der Waals surface area (Å²) in [6.45, 7) is 5.69. The molecule has 1 aromatic carbocycles. The molecule has 7 heteroatoms. The minimum Gasteiger partial charge on any atom is -0.360 e. The van der Waals surface area contributed by atoms with E-state index in [1.54, 1.807) is 27.7 Å². The summed E-state index contributed by atoms with van der Waals surface area (Å²) in [4.78, 5) is 30.3. The first kappa shape index (κ1) is 19.1. The Hall–Kier alpha value is -2.93. The van der Waals surface area contributed by atoms with E-state index >= 15 is 0 Å². The van der Waals surface area contributed by atoms with E-state index in [1.165, 1.54) is 5.56 Å². The maximum Gasteiger partial charge on any atom is 0.234 e. The van der Waals surface area contributed by atoms with Crippen LogP contribution < -0.4 is 4.90 Å². The molecular weight excluding hydrogens is 380 g/mol. The van der Waals surface area contributed by atoms with Crippen molar-refractivity contribution in [2.24, 2.45) is 11.8 Å². The van der Waals surface area contributed by atoms with Crippen LogP contribution in [0.1, 0.15) is 11.1 Å². The first-order chi connectivity index (χ1) is 14.4. The van der Waals surface area contributed by atoms with Crippen LogP contribution in [0.5, 0.6) is 0 Å². The summed E-state index contributed by atoms with van der Waals surface area (Å²) in [5.74, 6) is -1.03. The quantitative estimate of drug-likeness (QED) is 0.712. The third kappa shape index (κ3) is 2.80. The van der Waals surface area contributed by atoms with Gasteiger partial charge < -0.3 is 14.5 Å². The minimum atomic E-state index is -0.705. The second-order valence-electron chi connectivity index (χ2n) is 8.62. The number of anilines is 1. The number of ether oxygens (including phenoxy) is 1. The summed E-state index contributed by atoms with van der Waals surface area (Å²) in [5.41, 5.74) is 2.49. The van der Waals surface area contributed by atoms with Gasteiger partial charge in [-0.2, -0.15) is 5.10 Å². The number of hydrogen-bond donors (Lipinski definition) is 0. The van der Waals surface area contributed by atoms with Gasteiger partial charge in [-0.3, -0.25) is 14.3 Å². The summed E-state index contributed by atoms with van der Waals surface area (Å²) < 4.78 is 8.05. The van der Waals surface area contributed by atoms with Gasteiger partial charge in [0.1, 0.15) is 5.60 Å². The number of carbonyl (C=O) groups excluding carboxylic acids is 2. The molecular formula is C23H26N4O3. The first-order valence-corrected chi connectivity index (χ1v) is 10.4. The molecule has 4 atom stereocenters. The molecule has 5 rings (SSSR count). The van der Waals surface area contributed by atoms with Crippen LogP contribution >= 0.6 is 0 Å². The zero-order valence-electron chi connectivity index (χ0n) is 17.5. The Labute approximate surface area is 175 Å². The number of likely N-dealkylation sites (N-methyl/N-ethyl adjacent to an activating group) is 1. The molecule has 1 aromatic heterocycles. The Balaban J connectivity index is 1.38. The summed E-state index contributed by atoms with van der Waals surface area (Å²) >= 11 is 0. The van der Waals surface area contributed by atoms with Crippen molar-refractivity contribution >= 4 is 17.5 Å². The van der Waals surface area contributed by atoms with Gasteiger partial charge in [-0.1, -0.05) is 18.2 Å². The average molecular weight is 406 g/mol. The lowest BCUT2D eigenvalue weighted by Crippen LogP contribution is -2.45. The molecule has 0 unspecified atom stereocenters. The Morgan fingerprint density at radius 3 is 2.90 bits per heavy atom. The molecule has 2 saturated heterocycles. The Morgan fingerprint density at radius 1 is 1.33 bits per heavy atom. The van der Waals surface area contributed by atoms with Gasteiger partial charge in [-0.15, -0.1) is 0 Å². The van der Waals surface area contributed by atoms with Crippen molar-refractivity contribution < 1.29 is 14.3 Å². The zero-order chi connectivity index (χ0) is 21.0. The van der Waals surface area contributed by atoms with Crippen LogP contribution in [0.25, 0.3) is 0 Å². The van der Waals surface area contributed by atoms with E-state index in [-0.39, 0.29) is 17.9 Å². The van der Waals surface area contributed by atoms with Crippen molar-refractivity contribution in [3.63, 3.8) is 0 Å². The monoisotopic (exact) mass is 406 g/mol. The molecule has 0 N–H and O–H groups in total. The van der Waals surface area contributed by atoms with E-state index in [0.717, 1.165) is 11.3 Å².